The summed E-state index contributed by atoms with van der Waals surface area (Å²) in [6, 6.07) is 14.8. The predicted molar refractivity (Wildman–Crippen MR) is 167 cm³/mol. The van der Waals surface area contributed by atoms with Crippen molar-refractivity contribution in [1.29, 1.82) is 0 Å². The molecular formula is C34H47N3O8. The fraction of sp³-hybridized carbons (Fsp3) is 0.559. The Morgan fingerprint density at radius 3 is 2.40 bits per heavy atom. The van der Waals surface area contributed by atoms with Gasteiger partial charge in [-0.05, 0) is 76.3 Å². The standard InChI is InChI=1S/C34H47N3O8/c1-34(2,3)45-32(41)28-11-8-18-37(28)21-27-20-29(24-16-14-23(22-38)15-17-24)44-33(43-27)25-9-7-10-26(19-25)35-30(39)12-5-4-6-13-31(40)36-42/h7,9-10,14-17,19,27-29,33,38,42H,4-6,8,11-13,18,20-22H2,1-3H3,(H,35,39)(H,36,40). The van der Waals surface area contributed by atoms with Crippen molar-refractivity contribution in [2.75, 3.05) is 18.4 Å². The molecule has 0 aromatic heterocycles. The average molecular weight is 626 g/mol. The van der Waals surface area contributed by atoms with E-state index in [9.17, 15) is 19.5 Å². The number of aliphatic hydroxyl groups excluding tert-OH is 1. The molecule has 2 aliphatic rings. The number of likely N-dealkylation sites (tertiary alicyclic amines) is 1. The summed E-state index contributed by atoms with van der Waals surface area (Å²) in [6.07, 6.45) is 3.44. The Hall–Kier alpha value is -3.35. The zero-order valence-corrected chi connectivity index (χ0v) is 26.5. The van der Waals surface area contributed by atoms with Crippen molar-refractivity contribution >= 4 is 23.5 Å². The highest BCUT2D eigenvalue weighted by molar-refractivity contribution is 5.90. The van der Waals surface area contributed by atoms with Gasteiger partial charge in [-0.2, -0.15) is 0 Å². The van der Waals surface area contributed by atoms with Crippen molar-refractivity contribution in [2.24, 2.45) is 0 Å². The van der Waals surface area contributed by atoms with E-state index in [0.717, 1.165) is 36.1 Å². The van der Waals surface area contributed by atoms with Gasteiger partial charge in [0.25, 0.3) is 0 Å². The van der Waals surface area contributed by atoms with Gasteiger partial charge in [-0.1, -0.05) is 42.8 Å². The number of rotatable bonds is 13. The number of benzene rings is 2. The minimum Gasteiger partial charge on any atom is -0.459 e. The number of hydroxylamine groups is 1. The number of hydrogen-bond donors (Lipinski definition) is 4. The fourth-order valence-electron chi connectivity index (χ4n) is 5.77. The van der Waals surface area contributed by atoms with E-state index < -0.39 is 17.8 Å². The van der Waals surface area contributed by atoms with E-state index in [1.54, 1.807) is 5.48 Å². The lowest BCUT2D eigenvalue weighted by atomic mass is 9.99. The first kappa shape index (κ1) is 34.5. The topological polar surface area (TPSA) is 147 Å². The van der Waals surface area contributed by atoms with Gasteiger partial charge in [0.1, 0.15) is 11.6 Å². The molecule has 0 aliphatic carbocycles. The fourth-order valence-corrected chi connectivity index (χ4v) is 5.77. The van der Waals surface area contributed by atoms with Gasteiger partial charge in [0.05, 0.1) is 18.8 Å². The summed E-state index contributed by atoms with van der Waals surface area (Å²) in [5, 5.41) is 21.0. The quantitative estimate of drug-likeness (QED) is 0.105. The molecule has 2 aromatic carbocycles. The summed E-state index contributed by atoms with van der Waals surface area (Å²) < 4.78 is 18.7. The van der Waals surface area contributed by atoms with Gasteiger partial charge in [-0.25, -0.2) is 5.48 Å². The van der Waals surface area contributed by atoms with E-state index in [0.29, 0.717) is 44.3 Å². The molecule has 0 radical (unpaired) electrons. The maximum atomic E-state index is 13.0. The van der Waals surface area contributed by atoms with Crippen molar-refractivity contribution in [3.05, 3.63) is 65.2 Å². The Morgan fingerprint density at radius 2 is 1.71 bits per heavy atom. The number of unbranched alkanes of at least 4 members (excludes halogenated alkanes) is 2. The Labute approximate surface area is 265 Å². The summed E-state index contributed by atoms with van der Waals surface area (Å²) in [6.45, 7) is 6.92. The van der Waals surface area contributed by atoms with Crippen LogP contribution in [0.4, 0.5) is 5.69 Å². The number of nitrogens with one attached hydrogen (secondary N) is 2. The Morgan fingerprint density at radius 1 is 0.978 bits per heavy atom. The second kappa shape index (κ2) is 16.3. The van der Waals surface area contributed by atoms with Gasteiger partial charge in [-0.15, -0.1) is 0 Å². The molecule has 45 heavy (non-hydrogen) atoms. The maximum absolute atomic E-state index is 13.0. The number of anilines is 1. The molecule has 2 amide bonds. The second-order valence-corrected chi connectivity index (χ2v) is 12.8. The van der Waals surface area contributed by atoms with Crippen molar-refractivity contribution in [3.63, 3.8) is 0 Å². The lowest BCUT2D eigenvalue weighted by molar-refractivity contribution is -0.253. The minimum absolute atomic E-state index is 0.0411. The van der Waals surface area contributed by atoms with E-state index in [4.69, 9.17) is 19.4 Å². The molecule has 4 unspecified atom stereocenters. The Kier molecular flexibility index (Phi) is 12.5. The summed E-state index contributed by atoms with van der Waals surface area (Å²) in [5.41, 5.74) is 4.22. The molecule has 4 atom stereocenters. The largest absolute Gasteiger partial charge is 0.459 e. The van der Waals surface area contributed by atoms with Gasteiger partial charge in [0.2, 0.25) is 11.8 Å². The first-order valence-electron chi connectivity index (χ1n) is 15.8. The molecule has 0 spiro atoms. The second-order valence-electron chi connectivity index (χ2n) is 12.8. The zero-order chi connectivity index (χ0) is 32.4. The SMILES string of the molecule is CC(C)(C)OC(=O)C1CCCN1CC1CC(c2ccc(CO)cc2)OC(c2cccc(NC(=O)CCCCCC(=O)NO)c2)O1. The lowest BCUT2D eigenvalue weighted by Gasteiger charge is -2.38. The molecule has 4 rings (SSSR count). The zero-order valence-electron chi connectivity index (χ0n) is 26.5. The number of carbonyl (C=O) groups is 3. The summed E-state index contributed by atoms with van der Waals surface area (Å²) in [7, 11) is 0. The van der Waals surface area contributed by atoms with Crippen LogP contribution in [0.25, 0.3) is 0 Å². The maximum Gasteiger partial charge on any atom is 0.323 e. The van der Waals surface area contributed by atoms with Crippen LogP contribution in [-0.2, 0) is 35.2 Å². The number of aliphatic hydroxyl groups is 1. The summed E-state index contributed by atoms with van der Waals surface area (Å²) in [4.78, 5) is 38.9. The van der Waals surface area contributed by atoms with Crippen molar-refractivity contribution < 1.29 is 38.9 Å². The van der Waals surface area contributed by atoms with Crippen LogP contribution in [0.5, 0.6) is 0 Å². The van der Waals surface area contributed by atoms with Gasteiger partial charge >= 0.3 is 5.97 Å². The molecule has 0 saturated carbocycles. The van der Waals surface area contributed by atoms with Crippen LogP contribution in [0.15, 0.2) is 48.5 Å². The molecular weight excluding hydrogens is 578 g/mol. The highest BCUT2D eigenvalue weighted by Crippen LogP contribution is 2.39. The Bertz CT molecular complexity index is 1280. The predicted octanol–water partition coefficient (Wildman–Crippen LogP) is 4.92. The first-order valence-corrected chi connectivity index (χ1v) is 15.8. The summed E-state index contributed by atoms with van der Waals surface area (Å²) >= 11 is 0. The third-order valence-corrected chi connectivity index (χ3v) is 7.97. The molecule has 2 aliphatic heterocycles. The van der Waals surface area contributed by atoms with Crippen LogP contribution in [-0.4, -0.2) is 63.8 Å². The first-order chi connectivity index (χ1) is 21.5. The highest BCUT2D eigenvalue weighted by Gasteiger charge is 2.39. The molecule has 11 nitrogen and oxygen atoms in total. The third-order valence-electron chi connectivity index (χ3n) is 7.97. The molecule has 11 heteroatoms. The molecule has 0 bridgehead atoms. The molecule has 2 saturated heterocycles. The van der Waals surface area contributed by atoms with Gasteiger partial charge in [0, 0.05) is 37.1 Å². The van der Waals surface area contributed by atoms with Crippen LogP contribution in [0.2, 0.25) is 0 Å². The minimum atomic E-state index is -0.705. The van der Waals surface area contributed by atoms with Crippen LogP contribution in [0, 0.1) is 0 Å². The van der Waals surface area contributed by atoms with Crippen LogP contribution < -0.4 is 10.8 Å². The highest BCUT2D eigenvalue weighted by atomic mass is 16.7. The molecule has 2 heterocycles. The van der Waals surface area contributed by atoms with Gasteiger partial charge in [0.15, 0.2) is 6.29 Å². The number of carbonyl (C=O) groups excluding carboxylic acids is 3. The van der Waals surface area contributed by atoms with Crippen LogP contribution >= 0.6 is 0 Å². The van der Waals surface area contributed by atoms with Crippen molar-refractivity contribution in [3.8, 4) is 0 Å². The molecule has 2 fully saturated rings. The normalized spacial score (nSPS) is 22.2. The number of ether oxygens (including phenoxy) is 3. The van der Waals surface area contributed by atoms with E-state index in [-0.39, 0.29) is 43.2 Å². The van der Waals surface area contributed by atoms with Crippen LogP contribution in [0.3, 0.4) is 0 Å². The smallest absolute Gasteiger partial charge is 0.323 e. The average Bonchev–Trinajstić information content (AvgIpc) is 3.48. The molecule has 2 aromatic rings. The van der Waals surface area contributed by atoms with Crippen molar-refractivity contribution in [1.82, 2.24) is 10.4 Å². The monoisotopic (exact) mass is 625 g/mol. The van der Waals surface area contributed by atoms with Crippen LogP contribution in [0.1, 0.15) is 101 Å². The van der Waals surface area contributed by atoms with E-state index in [2.05, 4.69) is 10.2 Å². The van der Waals surface area contributed by atoms with Gasteiger partial charge < -0.3 is 24.6 Å². The number of amides is 2. The van der Waals surface area contributed by atoms with Gasteiger partial charge in [-0.3, -0.25) is 24.5 Å². The van der Waals surface area contributed by atoms with E-state index in [1.165, 1.54) is 0 Å². The van der Waals surface area contributed by atoms with Crippen molar-refractivity contribution in [2.45, 2.75) is 109 Å². The Balaban J connectivity index is 1.44. The third kappa shape index (κ3) is 10.6. The number of esters is 1. The van der Waals surface area contributed by atoms with E-state index in [1.807, 2.05) is 69.3 Å². The lowest BCUT2D eigenvalue weighted by Crippen LogP contribution is -2.45. The van der Waals surface area contributed by atoms with E-state index >= 15 is 0 Å². The summed E-state index contributed by atoms with van der Waals surface area (Å²) in [5.74, 6) is -0.775. The number of nitrogens with zero attached hydrogens (tertiary/aromatic N) is 1. The molecule has 4 N–H and O–H groups in total. The molecule has 246 valence electrons. The number of hydrogen-bond acceptors (Lipinski definition) is 9.